The van der Waals surface area contributed by atoms with Crippen LogP contribution in [0.25, 0.3) is 0 Å². The summed E-state index contributed by atoms with van der Waals surface area (Å²) in [5.41, 5.74) is 4.65. The second kappa shape index (κ2) is 8.09. The summed E-state index contributed by atoms with van der Waals surface area (Å²) in [7, 11) is 0. The van der Waals surface area contributed by atoms with Crippen molar-refractivity contribution < 1.29 is 9.59 Å². The number of benzene rings is 1. The molecule has 0 spiro atoms. The molecule has 0 radical (unpaired) electrons. The summed E-state index contributed by atoms with van der Waals surface area (Å²) in [6.07, 6.45) is 1.08. The maximum absolute atomic E-state index is 11.8. The Balaban J connectivity index is 2.47. The summed E-state index contributed by atoms with van der Waals surface area (Å²) >= 11 is 0. The van der Waals surface area contributed by atoms with E-state index >= 15 is 0 Å². The summed E-state index contributed by atoms with van der Waals surface area (Å²) in [6, 6.07) is 7.21. The third kappa shape index (κ3) is 5.65. The van der Waals surface area contributed by atoms with Crippen LogP contribution in [0.2, 0.25) is 0 Å². The van der Waals surface area contributed by atoms with Crippen molar-refractivity contribution in [1.29, 1.82) is 0 Å². The smallest absolute Gasteiger partial charge is 0.271 e. The fourth-order valence-corrected chi connectivity index (χ4v) is 1.51. The minimum Gasteiger partial charge on any atom is -0.356 e. The molecule has 5 heteroatoms. The average Bonchev–Trinajstić information content (AvgIpc) is 2.43. The Labute approximate surface area is 119 Å². The van der Waals surface area contributed by atoms with Crippen molar-refractivity contribution in [2.24, 2.45) is 5.10 Å². The molecule has 0 unspecified atom stereocenters. The average molecular weight is 275 g/mol. The zero-order valence-corrected chi connectivity index (χ0v) is 12.2. The molecule has 20 heavy (non-hydrogen) atoms. The third-order valence-electron chi connectivity index (χ3n) is 2.65. The van der Waals surface area contributed by atoms with E-state index in [-0.39, 0.29) is 18.2 Å². The molecule has 0 saturated heterocycles. The van der Waals surface area contributed by atoms with Crippen LogP contribution in [0.15, 0.2) is 29.4 Å². The molecule has 1 aromatic rings. The van der Waals surface area contributed by atoms with E-state index in [9.17, 15) is 9.59 Å². The van der Waals surface area contributed by atoms with Crippen LogP contribution in [-0.2, 0) is 4.79 Å². The second-order valence-electron chi connectivity index (χ2n) is 4.68. The molecule has 1 rings (SSSR count). The van der Waals surface area contributed by atoms with Gasteiger partial charge in [0.25, 0.3) is 5.91 Å². The Bertz CT molecular complexity index is 492. The molecule has 5 nitrogen and oxygen atoms in total. The lowest BCUT2D eigenvalue weighted by molar-refractivity contribution is -0.119. The Morgan fingerprint density at radius 2 is 1.85 bits per heavy atom. The first-order valence-corrected chi connectivity index (χ1v) is 6.69. The van der Waals surface area contributed by atoms with Gasteiger partial charge < -0.3 is 5.32 Å². The van der Waals surface area contributed by atoms with Crippen LogP contribution in [0.4, 0.5) is 0 Å². The lowest BCUT2D eigenvalue weighted by Gasteiger charge is -2.04. The number of amides is 2. The van der Waals surface area contributed by atoms with Gasteiger partial charge in [-0.15, -0.1) is 0 Å². The number of nitrogens with one attached hydrogen (secondary N) is 2. The molecule has 2 N–H and O–H groups in total. The largest absolute Gasteiger partial charge is 0.356 e. The summed E-state index contributed by atoms with van der Waals surface area (Å²) in [6.45, 7) is 6.31. The number of carbonyl (C=O) groups is 2. The number of hydrazone groups is 1. The zero-order chi connectivity index (χ0) is 15.0. The molecule has 0 aliphatic rings. The second-order valence-corrected chi connectivity index (χ2v) is 4.68. The molecule has 0 heterocycles. The lowest BCUT2D eigenvalue weighted by atomic mass is 10.1. The summed E-state index contributed by atoms with van der Waals surface area (Å²) in [5, 5.41) is 6.68. The molecule has 0 saturated carbocycles. The van der Waals surface area contributed by atoms with Gasteiger partial charge in [0.05, 0.1) is 6.42 Å². The number of rotatable bonds is 6. The van der Waals surface area contributed by atoms with Gasteiger partial charge in [0, 0.05) is 17.8 Å². The van der Waals surface area contributed by atoms with Crippen molar-refractivity contribution in [1.82, 2.24) is 10.7 Å². The van der Waals surface area contributed by atoms with E-state index < -0.39 is 0 Å². The maximum Gasteiger partial charge on any atom is 0.271 e. The van der Waals surface area contributed by atoms with Crippen LogP contribution in [-0.4, -0.2) is 24.1 Å². The van der Waals surface area contributed by atoms with Gasteiger partial charge in [0.15, 0.2) is 0 Å². The van der Waals surface area contributed by atoms with E-state index in [4.69, 9.17) is 0 Å². The SMILES string of the molecule is CCCNC(=O)CC(C)=NNC(=O)c1ccc(C)cc1. The normalized spacial score (nSPS) is 11.1. The van der Waals surface area contributed by atoms with Gasteiger partial charge in [-0.3, -0.25) is 9.59 Å². The molecule has 0 atom stereocenters. The topological polar surface area (TPSA) is 70.6 Å². The van der Waals surface area contributed by atoms with E-state index in [0.717, 1.165) is 12.0 Å². The van der Waals surface area contributed by atoms with Crippen LogP contribution in [0.3, 0.4) is 0 Å². The van der Waals surface area contributed by atoms with Crippen LogP contribution < -0.4 is 10.7 Å². The highest BCUT2D eigenvalue weighted by Crippen LogP contribution is 2.02. The van der Waals surface area contributed by atoms with Crippen LogP contribution in [0, 0.1) is 6.92 Å². The molecule has 0 fully saturated rings. The van der Waals surface area contributed by atoms with E-state index in [0.29, 0.717) is 17.8 Å². The number of aryl methyl sites for hydroxylation is 1. The monoisotopic (exact) mass is 275 g/mol. The summed E-state index contributed by atoms with van der Waals surface area (Å²) in [4.78, 5) is 23.3. The minimum absolute atomic E-state index is 0.0855. The van der Waals surface area contributed by atoms with Crippen molar-refractivity contribution in [2.75, 3.05) is 6.54 Å². The van der Waals surface area contributed by atoms with E-state index in [1.807, 2.05) is 26.0 Å². The first kappa shape index (κ1) is 15.9. The highest BCUT2D eigenvalue weighted by molar-refractivity contribution is 6.01. The van der Waals surface area contributed by atoms with Gasteiger partial charge in [-0.25, -0.2) is 5.43 Å². The van der Waals surface area contributed by atoms with Crippen molar-refractivity contribution >= 4 is 17.5 Å². The van der Waals surface area contributed by atoms with Crippen molar-refractivity contribution in [2.45, 2.75) is 33.6 Å². The molecule has 0 bridgehead atoms. The molecule has 0 aliphatic carbocycles. The predicted molar refractivity (Wildman–Crippen MR) is 79.7 cm³/mol. The molecule has 0 aromatic heterocycles. The minimum atomic E-state index is -0.279. The molecular formula is C15H21N3O2. The number of hydrogen-bond acceptors (Lipinski definition) is 3. The molecule has 0 aliphatic heterocycles. The van der Waals surface area contributed by atoms with Crippen molar-refractivity contribution in [3.63, 3.8) is 0 Å². The first-order valence-electron chi connectivity index (χ1n) is 6.69. The first-order chi connectivity index (χ1) is 9.52. The summed E-state index contributed by atoms with van der Waals surface area (Å²) in [5.74, 6) is -0.365. The lowest BCUT2D eigenvalue weighted by Crippen LogP contribution is -2.27. The van der Waals surface area contributed by atoms with Gasteiger partial charge in [-0.2, -0.15) is 5.10 Å². The Morgan fingerprint density at radius 3 is 2.45 bits per heavy atom. The van der Waals surface area contributed by atoms with Gasteiger partial charge in [0.1, 0.15) is 0 Å². The third-order valence-corrected chi connectivity index (χ3v) is 2.65. The molecule has 2 amide bonds. The van der Waals surface area contributed by atoms with Crippen molar-refractivity contribution in [3.05, 3.63) is 35.4 Å². The predicted octanol–water partition coefficient (Wildman–Crippen LogP) is 2.02. The maximum atomic E-state index is 11.8. The highest BCUT2D eigenvalue weighted by Gasteiger charge is 2.05. The Morgan fingerprint density at radius 1 is 1.20 bits per heavy atom. The standard InChI is InChI=1S/C15H21N3O2/c1-4-9-16-14(19)10-12(3)17-18-15(20)13-7-5-11(2)6-8-13/h5-8H,4,9-10H2,1-3H3,(H,16,19)(H,18,20). The zero-order valence-electron chi connectivity index (χ0n) is 12.2. The van der Waals surface area contributed by atoms with Gasteiger partial charge in [-0.1, -0.05) is 24.6 Å². The highest BCUT2D eigenvalue weighted by atomic mass is 16.2. The van der Waals surface area contributed by atoms with Crippen LogP contribution >= 0.6 is 0 Å². The summed E-state index contributed by atoms with van der Waals surface area (Å²) < 4.78 is 0. The quantitative estimate of drug-likeness (QED) is 0.616. The number of nitrogens with zero attached hydrogens (tertiary/aromatic N) is 1. The Kier molecular flexibility index (Phi) is 6.43. The molecule has 108 valence electrons. The van der Waals surface area contributed by atoms with Crippen LogP contribution in [0.5, 0.6) is 0 Å². The van der Waals surface area contributed by atoms with Crippen LogP contribution in [0.1, 0.15) is 42.6 Å². The fraction of sp³-hybridized carbons (Fsp3) is 0.400. The van der Waals surface area contributed by atoms with Gasteiger partial charge >= 0.3 is 0 Å². The van der Waals surface area contributed by atoms with Gasteiger partial charge in [0.2, 0.25) is 5.91 Å². The molecule has 1 aromatic carbocycles. The van der Waals surface area contributed by atoms with E-state index in [1.165, 1.54) is 0 Å². The number of carbonyl (C=O) groups excluding carboxylic acids is 2. The fourth-order valence-electron chi connectivity index (χ4n) is 1.51. The van der Waals surface area contributed by atoms with Gasteiger partial charge in [-0.05, 0) is 32.4 Å². The van der Waals surface area contributed by atoms with Crippen molar-refractivity contribution in [3.8, 4) is 0 Å². The van der Waals surface area contributed by atoms with E-state index in [2.05, 4.69) is 15.8 Å². The van der Waals surface area contributed by atoms with E-state index in [1.54, 1.807) is 19.1 Å². The Hall–Kier alpha value is -2.17. The number of hydrogen-bond donors (Lipinski definition) is 2. The molecular weight excluding hydrogens is 254 g/mol.